The molecule has 1 atom stereocenters. The lowest BCUT2D eigenvalue weighted by Gasteiger charge is -2.31. The number of hydrogen-bond donors (Lipinski definition) is 3. The second kappa shape index (κ2) is 9.19. The van der Waals surface area contributed by atoms with Crippen molar-refractivity contribution in [3.05, 3.63) is 54.6 Å². The third kappa shape index (κ3) is 4.38. The van der Waals surface area contributed by atoms with E-state index < -0.39 is 0 Å². The lowest BCUT2D eigenvalue weighted by molar-refractivity contribution is 0.0529. The summed E-state index contributed by atoms with van der Waals surface area (Å²) in [6.07, 6.45) is 3.61. The van der Waals surface area contributed by atoms with Crippen molar-refractivity contribution in [2.75, 3.05) is 35.2 Å². The molecule has 1 unspecified atom stereocenters. The van der Waals surface area contributed by atoms with Gasteiger partial charge in [0, 0.05) is 37.6 Å². The second-order valence-electron chi connectivity index (χ2n) is 8.40. The number of aromatic nitrogens is 9. The monoisotopic (exact) mass is 484 g/mol. The highest BCUT2D eigenvalue weighted by atomic mass is 16.5. The molecule has 5 aromatic heterocycles. The van der Waals surface area contributed by atoms with E-state index in [1.165, 1.54) is 0 Å². The minimum Gasteiger partial charge on any atom is -0.375 e. The number of ether oxygens (including phenoxy) is 1. The third-order valence-electron chi connectivity index (χ3n) is 5.69. The maximum absolute atomic E-state index is 5.61. The van der Waals surface area contributed by atoms with Crippen molar-refractivity contribution >= 4 is 34.7 Å². The Labute approximate surface area is 206 Å². The molecule has 0 saturated carbocycles. The number of H-pyrrole nitrogens is 1. The molecule has 1 aliphatic rings. The minimum atomic E-state index is 0.169. The lowest BCUT2D eigenvalue weighted by atomic mass is 10.2. The molecule has 36 heavy (non-hydrogen) atoms. The Bertz CT molecular complexity index is 1480. The molecule has 0 aliphatic carbocycles. The van der Waals surface area contributed by atoms with E-state index >= 15 is 0 Å². The molecule has 0 bridgehead atoms. The molecular weight excluding hydrogens is 460 g/mol. The van der Waals surface area contributed by atoms with Gasteiger partial charge in [0.25, 0.3) is 0 Å². The first-order chi connectivity index (χ1) is 17.6. The van der Waals surface area contributed by atoms with Gasteiger partial charge in [0.2, 0.25) is 0 Å². The van der Waals surface area contributed by atoms with Crippen LogP contribution in [-0.4, -0.2) is 70.8 Å². The lowest BCUT2D eigenvalue weighted by Crippen LogP contribution is -2.41. The quantitative estimate of drug-likeness (QED) is 0.327. The number of aromatic amines is 1. The van der Waals surface area contributed by atoms with Crippen molar-refractivity contribution in [3.8, 4) is 11.4 Å². The van der Waals surface area contributed by atoms with Crippen LogP contribution in [0.3, 0.4) is 0 Å². The number of anilines is 5. The number of hydrogen-bond acceptors (Lipinski definition) is 11. The van der Waals surface area contributed by atoms with Crippen LogP contribution >= 0.6 is 0 Å². The summed E-state index contributed by atoms with van der Waals surface area (Å²) in [5, 5.41) is 26.7. The average Bonchev–Trinajstić information content (AvgIpc) is 3.52. The number of rotatable bonds is 6. The van der Waals surface area contributed by atoms with E-state index in [0.29, 0.717) is 52.7 Å². The first-order valence-electron chi connectivity index (χ1n) is 11.6. The van der Waals surface area contributed by atoms with E-state index in [2.05, 4.69) is 62.9 Å². The largest absolute Gasteiger partial charge is 0.375 e. The van der Waals surface area contributed by atoms with Crippen molar-refractivity contribution in [3.63, 3.8) is 0 Å². The molecule has 0 amide bonds. The van der Waals surface area contributed by atoms with Gasteiger partial charge in [-0.15, -0.1) is 10.2 Å². The summed E-state index contributed by atoms with van der Waals surface area (Å²) in [5.74, 6) is 3.77. The van der Waals surface area contributed by atoms with Crippen LogP contribution in [0.5, 0.6) is 0 Å². The maximum Gasteiger partial charge on any atom is 0.162 e. The third-order valence-corrected chi connectivity index (χ3v) is 5.69. The Morgan fingerprint density at radius 2 is 1.97 bits per heavy atom. The maximum atomic E-state index is 5.61. The molecule has 1 aliphatic heterocycles. The molecule has 0 aromatic carbocycles. The summed E-state index contributed by atoms with van der Waals surface area (Å²) >= 11 is 0. The van der Waals surface area contributed by atoms with Crippen LogP contribution < -0.4 is 15.5 Å². The van der Waals surface area contributed by atoms with Gasteiger partial charge in [0.05, 0.1) is 18.4 Å². The van der Waals surface area contributed by atoms with Crippen LogP contribution in [0, 0.1) is 6.92 Å². The fourth-order valence-corrected chi connectivity index (χ4v) is 4.13. The van der Waals surface area contributed by atoms with Crippen LogP contribution in [-0.2, 0) is 4.74 Å². The predicted octanol–water partition coefficient (Wildman–Crippen LogP) is 2.72. The summed E-state index contributed by atoms with van der Waals surface area (Å²) < 4.78 is 7.35. The molecule has 182 valence electrons. The highest BCUT2D eigenvalue weighted by Crippen LogP contribution is 2.30. The number of aryl methyl sites for hydroxylation is 1. The fourth-order valence-electron chi connectivity index (χ4n) is 4.13. The minimum absolute atomic E-state index is 0.169. The highest BCUT2D eigenvalue weighted by Gasteiger charge is 2.20. The summed E-state index contributed by atoms with van der Waals surface area (Å²) in [5.41, 5.74) is 2.00. The molecule has 3 N–H and O–H groups in total. The molecule has 0 spiro atoms. The zero-order valence-corrected chi connectivity index (χ0v) is 19.8. The van der Waals surface area contributed by atoms with Crippen molar-refractivity contribution in [2.45, 2.75) is 20.0 Å². The van der Waals surface area contributed by atoms with E-state index in [-0.39, 0.29) is 6.10 Å². The Morgan fingerprint density at radius 1 is 1.03 bits per heavy atom. The molecule has 1 fully saturated rings. The van der Waals surface area contributed by atoms with Gasteiger partial charge in [-0.1, -0.05) is 0 Å². The molecule has 5 aromatic rings. The molecule has 6 rings (SSSR count). The Balaban J connectivity index is 1.31. The molecule has 13 nitrogen and oxygen atoms in total. The summed E-state index contributed by atoms with van der Waals surface area (Å²) in [7, 11) is 0. The van der Waals surface area contributed by atoms with E-state index in [1.807, 2.05) is 43.3 Å². The van der Waals surface area contributed by atoms with Gasteiger partial charge < -0.3 is 20.3 Å². The van der Waals surface area contributed by atoms with E-state index in [0.717, 1.165) is 18.9 Å². The topological polar surface area (TPSA) is 147 Å². The molecular formula is C23H24N12O. The van der Waals surface area contributed by atoms with Gasteiger partial charge >= 0.3 is 0 Å². The van der Waals surface area contributed by atoms with Crippen LogP contribution in [0.4, 0.5) is 29.1 Å². The van der Waals surface area contributed by atoms with Crippen molar-refractivity contribution in [1.29, 1.82) is 0 Å². The number of nitrogens with one attached hydrogen (secondary N) is 3. The number of nitrogens with zero attached hydrogens (tertiary/aromatic N) is 9. The zero-order chi connectivity index (χ0) is 24.5. The molecule has 1 saturated heterocycles. The van der Waals surface area contributed by atoms with Gasteiger partial charge in [-0.2, -0.15) is 10.2 Å². The smallest absolute Gasteiger partial charge is 0.162 e. The normalized spacial score (nSPS) is 15.8. The van der Waals surface area contributed by atoms with Crippen molar-refractivity contribution in [2.24, 2.45) is 0 Å². The Hall–Kier alpha value is -4.65. The van der Waals surface area contributed by atoms with Gasteiger partial charge in [0.1, 0.15) is 17.3 Å². The Morgan fingerprint density at radius 3 is 2.78 bits per heavy atom. The number of imidazole rings is 1. The van der Waals surface area contributed by atoms with Gasteiger partial charge in [-0.3, -0.25) is 5.10 Å². The van der Waals surface area contributed by atoms with Crippen LogP contribution in [0.2, 0.25) is 0 Å². The summed E-state index contributed by atoms with van der Waals surface area (Å²) in [6.45, 7) is 6.15. The fraction of sp³-hybridized carbons (Fsp3) is 0.261. The zero-order valence-electron chi connectivity index (χ0n) is 19.8. The average molecular weight is 485 g/mol. The number of morpholine rings is 1. The first-order valence-corrected chi connectivity index (χ1v) is 11.6. The van der Waals surface area contributed by atoms with Gasteiger partial charge in [-0.05, 0) is 38.1 Å². The molecule has 13 heteroatoms. The van der Waals surface area contributed by atoms with Crippen LogP contribution in [0.1, 0.15) is 12.7 Å². The highest BCUT2D eigenvalue weighted by molar-refractivity contribution is 5.78. The second-order valence-corrected chi connectivity index (χ2v) is 8.40. The van der Waals surface area contributed by atoms with Gasteiger partial charge in [0.15, 0.2) is 28.9 Å². The van der Waals surface area contributed by atoms with E-state index in [9.17, 15) is 0 Å². The molecule has 0 radical (unpaired) electrons. The molecule has 6 heterocycles. The van der Waals surface area contributed by atoms with Gasteiger partial charge in [-0.25, -0.2) is 19.5 Å². The standard InChI is InChI=1S/C23H24N12O/c1-14-13-34(10-11-36-14)21-6-5-17(32-33-21)28-19-12-16(26-15(2)27-19)22-23(29-18-7-9-24-31-18)30-20-4-3-8-25-35(20)22/h3-9,12,14H,10-11,13H2,1-2H3,(H2,24,29,31)(H,26,27,28,32). The first kappa shape index (κ1) is 21.9. The van der Waals surface area contributed by atoms with E-state index in [1.54, 1.807) is 16.9 Å². The SMILES string of the molecule is Cc1nc(Nc2ccc(N3CCOC(C)C3)nn2)cc(-c2c(Nc3cc[nH]n3)nc3cccnn23)n1. The summed E-state index contributed by atoms with van der Waals surface area (Å²) in [6, 6.07) is 11.2. The van der Waals surface area contributed by atoms with Crippen LogP contribution in [0.25, 0.3) is 17.0 Å². The van der Waals surface area contributed by atoms with Crippen molar-refractivity contribution in [1.82, 2.24) is 45.0 Å². The van der Waals surface area contributed by atoms with Crippen LogP contribution in [0.15, 0.2) is 48.8 Å². The summed E-state index contributed by atoms with van der Waals surface area (Å²) in [4.78, 5) is 16.1. The predicted molar refractivity (Wildman–Crippen MR) is 134 cm³/mol. The Kier molecular flexibility index (Phi) is 5.58. The number of fused-ring (bicyclic) bond motifs is 1. The van der Waals surface area contributed by atoms with E-state index in [4.69, 9.17) is 4.74 Å². The van der Waals surface area contributed by atoms with Crippen molar-refractivity contribution < 1.29 is 4.74 Å².